The fourth-order valence-corrected chi connectivity index (χ4v) is 5.49. The molecule has 1 fully saturated rings. The molecule has 5 nitrogen and oxygen atoms in total. The van der Waals surface area contributed by atoms with Crippen molar-refractivity contribution in [3.8, 4) is 5.75 Å². The molecule has 156 valence electrons. The van der Waals surface area contributed by atoms with E-state index in [4.69, 9.17) is 16.3 Å². The minimum absolute atomic E-state index is 0.0675. The first-order valence-electron chi connectivity index (χ1n) is 9.72. The zero-order chi connectivity index (χ0) is 21.0. The second kappa shape index (κ2) is 9.18. The third kappa shape index (κ3) is 5.11. The number of hydrogen-bond donors (Lipinski definition) is 0. The Balaban J connectivity index is 1.54. The average Bonchev–Trinajstić information content (AvgIpc) is 2.74. The molecular weight excluding hydrogens is 410 g/mol. The molecule has 3 rings (SSSR count). The maximum Gasteiger partial charge on any atom is 0.222 e. The molecule has 2 aromatic carbocycles. The van der Waals surface area contributed by atoms with Crippen LogP contribution in [0.3, 0.4) is 0 Å². The van der Waals surface area contributed by atoms with Gasteiger partial charge in [0.05, 0.1) is 17.3 Å². The summed E-state index contributed by atoms with van der Waals surface area (Å²) in [7, 11) is -1.86. The molecule has 0 radical (unpaired) electrons. The van der Waals surface area contributed by atoms with Gasteiger partial charge in [0.15, 0.2) is 9.84 Å². The molecule has 0 bridgehead atoms. The van der Waals surface area contributed by atoms with Crippen molar-refractivity contribution in [3.05, 3.63) is 58.6 Å². The zero-order valence-electron chi connectivity index (χ0n) is 16.7. The van der Waals surface area contributed by atoms with Gasteiger partial charge < -0.3 is 9.64 Å². The summed E-state index contributed by atoms with van der Waals surface area (Å²) in [6, 6.07) is 12.3. The number of nitrogens with zero attached hydrogens (tertiary/aromatic N) is 1. The average molecular weight is 436 g/mol. The van der Waals surface area contributed by atoms with Gasteiger partial charge in [0.25, 0.3) is 0 Å². The number of benzene rings is 2. The zero-order valence-corrected chi connectivity index (χ0v) is 18.3. The monoisotopic (exact) mass is 435 g/mol. The van der Waals surface area contributed by atoms with Crippen LogP contribution in [0.1, 0.15) is 30.4 Å². The Kier molecular flexibility index (Phi) is 6.85. The topological polar surface area (TPSA) is 63.7 Å². The van der Waals surface area contributed by atoms with E-state index in [2.05, 4.69) is 0 Å². The van der Waals surface area contributed by atoms with E-state index in [1.165, 1.54) is 0 Å². The van der Waals surface area contributed by atoms with Crippen LogP contribution in [0.25, 0.3) is 0 Å². The van der Waals surface area contributed by atoms with Crippen molar-refractivity contribution in [1.82, 2.24) is 4.90 Å². The van der Waals surface area contributed by atoms with Crippen molar-refractivity contribution in [2.75, 3.05) is 20.2 Å². The van der Waals surface area contributed by atoms with Gasteiger partial charge >= 0.3 is 0 Å². The Morgan fingerprint density at radius 3 is 2.38 bits per heavy atom. The van der Waals surface area contributed by atoms with Crippen LogP contribution in [-0.4, -0.2) is 44.7 Å². The molecule has 0 aromatic heterocycles. The number of piperidine rings is 1. The van der Waals surface area contributed by atoms with Crippen molar-refractivity contribution >= 4 is 27.3 Å². The highest BCUT2D eigenvalue weighted by molar-refractivity contribution is 7.92. The number of rotatable bonds is 6. The van der Waals surface area contributed by atoms with Crippen LogP contribution in [0.4, 0.5) is 0 Å². The lowest BCUT2D eigenvalue weighted by Gasteiger charge is -2.32. The molecule has 7 heteroatoms. The quantitative estimate of drug-likeness (QED) is 0.686. The summed E-state index contributed by atoms with van der Waals surface area (Å²) >= 11 is 6.04. The summed E-state index contributed by atoms with van der Waals surface area (Å²) in [5.74, 6) is 0.693. The highest BCUT2D eigenvalue weighted by Crippen LogP contribution is 2.26. The first-order valence-corrected chi connectivity index (χ1v) is 11.6. The Morgan fingerprint density at radius 2 is 1.79 bits per heavy atom. The van der Waals surface area contributed by atoms with Gasteiger partial charge in [0.1, 0.15) is 5.75 Å². The molecule has 0 saturated carbocycles. The molecule has 1 heterocycles. The Bertz CT molecular complexity index is 965. The fourth-order valence-electron chi connectivity index (χ4n) is 3.65. The minimum atomic E-state index is -3.41. The standard InChI is InChI=1S/C22H26ClNO4S/c1-16-15-17(3-9-21(16)23)4-10-22(25)24-13-11-20(12-14-24)29(26,27)19-7-5-18(28-2)6-8-19/h3,5-9,15,20H,4,10-14H2,1-2H3. The lowest BCUT2D eigenvalue weighted by Crippen LogP contribution is -2.42. The Labute approximate surface area is 177 Å². The molecule has 0 unspecified atom stereocenters. The van der Waals surface area contributed by atoms with Gasteiger partial charge in [-0.3, -0.25) is 4.79 Å². The first kappa shape index (κ1) is 21.7. The van der Waals surface area contributed by atoms with Crippen LogP contribution in [0.15, 0.2) is 47.4 Å². The molecule has 0 aliphatic carbocycles. The van der Waals surface area contributed by atoms with Gasteiger partial charge in [-0.2, -0.15) is 0 Å². The number of amides is 1. The third-order valence-corrected chi connectivity index (χ3v) is 8.17. The van der Waals surface area contributed by atoms with E-state index in [1.54, 1.807) is 36.3 Å². The summed E-state index contributed by atoms with van der Waals surface area (Å²) in [5, 5.41) is 0.263. The number of likely N-dealkylation sites (tertiary alicyclic amines) is 1. The highest BCUT2D eigenvalue weighted by atomic mass is 35.5. The largest absolute Gasteiger partial charge is 0.497 e. The van der Waals surface area contributed by atoms with Gasteiger partial charge in [0.2, 0.25) is 5.91 Å². The first-order chi connectivity index (χ1) is 13.8. The van der Waals surface area contributed by atoms with E-state index in [0.29, 0.717) is 49.4 Å². The molecular formula is C22H26ClNO4S. The van der Waals surface area contributed by atoms with E-state index < -0.39 is 15.1 Å². The van der Waals surface area contributed by atoms with Crippen molar-refractivity contribution in [2.45, 2.75) is 42.8 Å². The Hall–Kier alpha value is -2.05. The normalized spacial score (nSPS) is 15.3. The summed E-state index contributed by atoms with van der Waals surface area (Å²) in [5.41, 5.74) is 2.08. The van der Waals surface area contributed by atoms with Gasteiger partial charge in [-0.1, -0.05) is 23.7 Å². The van der Waals surface area contributed by atoms with Gasteiger partial charge in [-0.25, -0.2) is 8.42 Å². The van der Waals surface area contributed by atoms with Crippen molar-refractivity contribution in [3.63, 3.8) is 0 Å². The molecule has 0 spiro atoms. The van der Waals surface area contributed by atoms with Crippen LogP contribution in [-0.2, 0) is 21.1 Å². The molecule has 29 heavy (non-hydrogen) atoms. The van der Waals surface area contributed by atoms with E-state index >= 15 is 0 Å². The number of sulfone groups is 1. The maximum absolute atomic E-state index is 12.9. The van der Waals surface area contributed by atoms with Gasteiger partial charge in [-0.05, 0) is 67.6 Å². The van der Waals surface area contributed by atoms with Crippen LogP contribution in [0.5, 0.6) is 5.75 Å². The number of carbonyl (C=O) groups is 1. The number of carbonyl (C=O) groups excluding carboxylic acids is 1. The lowest BCUT2D eigenvalue weighted by atomic mass is 10.1. The van der Waals surface area contributed by atoms with Crippen LogP contribution in [0, 0.1) is 6.92 Å². The molecule has 1 aliphatic rings. The number of ether oxygens (including phenoxy) is 1. The highest BCUT2D eigenvalue weighted by Gasteiger charge is 2.32. The second-order valence-corrected chi connectivity index (χ2v) is 10.0. The molecule has 0 atom stereocenters. The number of methoxy groups -OCH3 is 1. The fraction of sp³-hybridized carbons (Fsp3) is 0.409. The third-order valence-electron chi connectivity index (χ3n) is 5.47. The SMILES string of the molecule is COc1ccc(S(=O)(=O)C2CCN(C(=O)CCc3ccc(Cl)c(C)c3)CC2)cc1. The predicted octanol–water partition coefficient (Wildman–Crippen LogP) is 4.05. The van der Waals surface area contributed by atoms with E-state index in [0.717, 1.165) is 16.1 Å². The molecule has 1 aliphatic heterocycles. The number of hydrogen-bond acceptors (Lipinski definition) is 4. The summed E-state index contributed by atoms with van der Waals surface area (Å²) in [6.45, 7) is 2.89. The Morgan fingerprint density at radius 1 is 1.14 bits per heavy atom. The number of halogens is 1. The molecule has 0 N–H and O–H groups in total. The van der Waals surface area contributed by atoms with E-state index in [1.807, 2.05) is 25.1 Å². The van der Waals surface area contributed by atoms with Crippen molar-refractivity contribution < 1.29 is 17.9 Å². The van der Waals surface area contributed by atoms with E-state index in [-0.39, 0.29) is 5.91 Å². The van der Waals surface area contributed by atoms with Crippen molar-refractivity contribution in [1.29, 1.82) is 0 Å². The summed E-state index contributed by atoms with van der Waals surface area (Å²) in [4.78, 5) is 14.6. The predicted molar refractivity (Wildman–Crippen MR) is 114 cm³/mol. The van der Waals surface area contributed by atoms with Crippen LogP contribution >= 0.6 is 11.6 Å². The van der Waals surface area contributed by atoms with Crippen molar-refractivity contribution in [2.24, 2.45) is 0 Å². The van der Waals surface area contributed by atoms with Crippen LogP contribution < -0.4 is 4.74 Å². The smallest absolute Gasteiger partial charge is 0.222 e. The van der Waals surface area contributed by atoms with Gasteiger partial charge in [0, 0.05) is 24.5 Å². The van der Waals surface area contributed by atoms with Gasteiger partial charge in [-0.15, -0.1) is 0 Å². The maximum atomic E-state index is 12.9. The molecule has 1 amide bonds. The molecule has 1 saturated heterocycles. The second-order valence-electron chi connectivity index (χ2n) is 7.38. The minimum Gasteiger partial charge on any atom is -0.497 e. The number of aryl methyl sites for hydroxylation is 2. The summed E-state index contributed by atoms with van der Waals surface area (Å²) in [6.07, 6.45) is 1.98. The van der Waals surface area contributed by atoms with Crippen LogP contribution in [0.2, 0.25) is 5.02 Å². The lowest BCUT2D eigenvalue weighted by molar-refractivity contribution is -0.132. The van der Waals surface area contributed by atoms with E-state index in [9.17, 15) is 13.2 Å². The summed E-state index contributed by atoms with van der Waals surface area (Å²) < 4.78 is 30.8. The molecule has 2 aromatic rings.